The highest BCUT2D eigenvalue weighted by Gasteiger charge is 2.15. The highest BCUT2D eigenvalue weighted by molar-refractivity contribution is 5.96. The minimum absolute atomic E-state index is 0.103. The molecule has 4 heteroatoms. The zero-order valence-electron chi connectivity index (χ0n) is 12.9. The van der Waals surface area contributed by atoms with E-state index in [1.54, 1.807) is 19.4 Å². The summed E-state index contributed by atoms with van der Waals surface area (Å²) in [5.41, 5.74) is 2.60. The van der Waals surface area contributed by atoms with Gasteiger partial charge in [0.1, 0.15) is 11.5 Å². The molecule has 0 radical (unpaired) electrons. The fraction of sp³-hybridized carbons (Fsp3) is 0.353. The fourth-order valence-corrected chi connectivity index (χ4v) is 2.25. The van der Waals surface area contributed by atoms with Gasteiger partial charge in [-0.2, -0.15) is 0 Å². The van der Waals surface area contributed by atoms with Crippen molar-refractivity contribution >= 4 is 5.91 Å². The third-order valence-electron chi connectivity index (χ3n) is 3.45. The maximum absolute atomic E-state index is 12.3. The molecule has 0 bridgehead atoms. The first-order chi connectivity index (χ1) is 10.0. The number of nitrogens with one attached hydrogen (secondary N) is 1. The van der Waals surface area contributed by atoms with Crippen molar-refractivity contribution in [1.82, 2.24) is 5.32 Å². The molecule has 112 valence electrons. The van der Waals surface area contributed by atoms with Crippen LogP contribution in [-0.4, -0.2) is 13.0 Å². The van der Waals surface area contributed by atoms with Crippen LogP contribution in [0.2, 0.25) is 0 Å². The third-order valence-corrected chi connectivity index (χ3v) is 3.45. The van der Waals surface area contributed by atoms with E-state index < -0.39 is 0 Å². The number of amides is 1. The lowest BCUT2D eigenvalue weighted by atomic mass is 9.96. The van der Waals surface area contributed by atoms with Crippen molar-refractivity contribution in [3.63, 3.8) is 0 Å². The SMILES string of the molecule is COc1cc(C)c(C(=O)NCc2ccco2)cc1C(C)C. The van der Waals surface area contributed by atoms with E-state index in [1.165, 1.54) is 0 Å². The number of carbonyl (C=O) groups is 1. The topological polar surface area (TPSA) is 51.5 Å². The Bertz CT molecular complexity index is 615. The minimum atomic E-state index is -0.103. The molecule has 1 heterocycles. The number of hydrogen-bond donors (Lipinski definition) is 1. The van der Waals surface area contributed by atoms with Crippen LogP contribution in [-0.2, 0) is 6.54 Å². The van der Waals surface area contributed by atoms with Gasteiger partial charge in [-0.25, -0.2) is 0 Å². The zero-order chi connectivity index (χ0) is 15.4. The largest absolute Gasteiger partial charge is 0.496 e. The van der Waals surface area contributed by atoms with Crippen molar-refractivity contribution in [2.24, 2.45) is 0 Å². The number of benzene rings is 1. The van der Waals surface area contributed by atoms with E-state index in [0.29, 0.717) is 12.1 Å². The smallest absolute Gasteiger partial charge is 0.251 e. The Hall–Kier alpha value is -2.23. The van der Waals surface area contributed by atoms with Gasteiger partial charge in [-0.3, -0.25) is 4.79 Å². The van der Waals surface area contributed by atoms with Gasteiger partial charge in [0.25, 0.3) is 5.91 Å². The Balaban J connectivity index is 2.21. The van der Waals surface area contributed by atoms with Crippen LogP contribution in [0.25, 0.3) is 0 Å². The number of ether oxygens (including phenoxy) is 1. The van der Waals surface area contributed by atoms with Crippen LogP contribution in [0, 0.1) is 6.92 Å². The molecule has 2 aromatic rings. The molecule has 0 saturated heterocycles. The Morgan fingerprint density at radius 3 is 2.71 bits per heavy atom. The zero-order valence-corrected chi connectivity index (χ0v) is 12.9. The Morgan fingerprint density at radius 2 is 2.14 bits per heavy atom. The Kier molecular flexibility index (Phi) is 4.68. The van der Waals surface area contributed by atoms with Gasteiger partial charge in [0.15, 0.2) is 0 Å². The molecule has 2 rings (SSSR count). The van der Waals surface area contributed by atoms with Crippen molar-refractivity contribution in [3.8, 4) is 5.75 Å². The van der Waals surface area contributed by atoms with E-state index in [4.69, 9.17) is 9.15 Å². The van der Waals surface area contributed by atoms with E-state index in [1.807, 2.05) is 25.1 Å². The third kappa shape index (κ3) is 3.45. The van der Waals surface area contributed by atoms with Crippen molar-refractivity contribution < 1.29 is 13.9 Å². The molecular weight excluding hydrogens is 266 g/mol. The average molecular weight is 287 g/mol. The quantitative estimate of drug-likeness (QED) is 0.913. The average Bonchev–Trinajstić information content (AvgIpc) is 2.97. The van der Waals surface area contributed by atoms with Gasteiger partial charge in [0, 0.05) is 5.56 Å². The number of carbonyl (C=O) groups excluding carboxylic acids is 1. The molecule has 1 amide bonds. The summed E-state index contributed by atoms with van der Waals surface area (Å²) in [4.78, 5) is 12.3. The fourth-order valence-electron chi connectivity index (χ4n) is 2.25. The minimum Gasteiger partial charge on any atom is -0.496 e. The van der Waals surface area contributed by atoms with Gasteiger partial charge >= 0.3 is 0 Å². The monoisotopic (exact) mass is 287 g/mol. The molecule has 0 aliphatic carbocycles. The van der Waals surface area contributed by atoms with Crippen molar-refractivity contribution in [3.05, 3.63) is 53.0 Å². The first-order valence-electron chi connectivity index (χ1n) is 7.02. The molecule has 1 aromatic heterocycles. The van der Waals surface area contributed by atoms with E-state index in [2.05, 4.69) is 19.2 Å². The highest BCUT2D eigenvalue weighted by atomic mass is 16.5. The molecule has 1 aromatic carbocycles. The second-order valence-electron chi connectivity index (χ2n) is 5.33. The lowest BCUT2D eigenvalue weighted by Gasteiger charge is -2.15. The second kappa shape index (κ2) is 6.48. The van der Waals surface area contributed by atoms with Gasteiger partial charge in [0.2, 0.25) is 0 Å². The lowest BCUT2D eigenvalue weighted by Crippen LogP contribution is -2.23. The van der Waals surface area contributed by atoms with Crippen molar-refractivity contribution in [2.45, 2.75) is 33.2 Å². The van der Waals surface area contributed by atoms with Crippen LogP contribution < -0.4 is 10.1 Å². The summed E-state index contributed by atoms with van der Waals surface area (Å²) in [6.07, 6.45) is 1.59. The van der Waals surface area contributed by atoms with E-state index in [-0.39, 0.29) is 11.8 Å². The maximum Gasteiger partial charge on any atom is 0.251 e. The normalized spacial score (nSPS) is 10.7. The summed E-state index contributed by atoms with van der Waals surface area (Å²) in [5.74, 6) is 1.74. The summed E-state index contributed by atoms with van der Waals surface area (Å²) < 4.78 is 10.6. The molecule has 1 N–H and O–H groups in total. The van der Waals surface area contributed by atoms with E-state index in [0.717, 1.165) is 22.6 Å². The molecule has 0 aliphatic heterocycles. The number of aryl methyl sites for hydroxylation is 1. The number of hydrogen-bond acceptors (Lipinski definition) is 3. The van der Waals surface area contributed by atoms with Gasteiger partial charge < -0.3 is 14.5 Å². The van der Waals surface area contributed by atoms with Crippen molar-refractivity contribution in [1.29, 1.82) is 0 Å². The molecule has 21 heavy (non-hydrogen) atoms. The molecule has 0 saturated carbocycles. The molecular formula is C17H21NO3. The van der Waals surface area contributed by atoms with E-state index >= 15 is 0 Å². The molecule has 0 aliphatic rings. The van der Waals surface area contributed by atoms with Crippen LogP contribution in [0.15, 0.2) is 34.9 Å². The van der Waals surface area contributed by atoms with Gasteiger partial charge in [-0.1, -0.05) is 13.8 Å². The molecule has 0 unspecified atom stereocenters. The summed E-state index contributed by atoms with van der Waals surface area (Å²) in [6.45, 7) is 6.46. The van der Waals surface area contributed by atoms with Crippen LogP contribution in [0.4, 0.5) is 0 Å². The molecule has 0 atom stereocenters. The first kappa shape index (κ1) is 15.2. The first-order valence-corrected chi connectivity index (χ1v) is 7.02. The van der Waals surface area contributed by atoms with Crippen LogP contribution in [0.3, 0.4) is 0 Å². The molecule has 0 spiro atoms. The summed E-state index contributed by atoms with van der Waals surface area (Å²) >= 11 is 0. The maximum atomic E-state index is 12.3. The van der Waals surface area contributed by atoms with Gasteiger partial charge in [-0.15, -0.1) is 0 Å². The van der Waals surface area contributed by atoms with Gasteiger partial charge in [-0.05, 0) is 48.2 Å². The van der Waals surface area contributed by atoms with Crippen LogP contribution in [0.1, 0.15) is 47.0 Å². The summed E-state index contributed by atoms with van der Waals surface area (Å²) in [7, 11) is 1.65. The predicted octanol–water partition coefficient (Wildman–Crippen LogP) is 3.65. The predicted molar refractivity (Wildman–Crippen MR) is 81.7 cm³/mol. The standard InChI is InChI=1S/C17H21NO3/c1-11(2)14-9-15(12(3)8-16(14)20-4)17(19)18-10-13-6-5-7-21-13/h5-9,11H,10H2,1-4H3,(H,18,19). The second-order valence-corrected chi connectivity index (χ2v) is 5.33. The summed E-state index contributed by atoms with van der Waals surface area (Å²) in [6, 6.07) is 7.46. The Labute approximate surface area is 125 Å². The summed E-state index contributed by atoms with van der Waals surface area (Å²) in [5, 5.41) is 2.87. The van der Waals surface area contributed by atoms with Gasteiger partial charge in [0.05, 0.1) is 19.9 Å². The molecule has 4 nitrogen and oxygen atoms in total. The van der Waals surface area contributed by atoms with Crippen LogP contribution in [0.5, 0.6) is 5.75 Å². The van der Waals surface area contributed by atoms with Crippen molar-refractivity contribution in [2.75, 3.05) is 7.11 Å². The van der Waals surface area contributed by atoms with Crippen LogP contribution >= 0.6 is 0 Å². The highest BCUT2D eigenvalue weighted by Crippen LogP contribution is 2.29. The lowest BCUT2D eigenvalue weighted by molar-refractivity contribution is 0.0947. The molecule has 0 fully saturated rings. The number of methoxy groups -OCH3 is 1. The Morgan fingerprint density at radius 1 is 1.38 bits per heavy atom. The number of rotatable bonds is 5. The van der Waals surface area contributed by atoms with E-state index in [9.17, 15) is 4.79 Å². The number of furan rings is 1.